The molecule has 26 heavy (non-hydrogen) atoms. The molecule has 0 bridgehead atoms. The van der Waals surface area contributed by atoms with Crippen LogP contribution in [0.2, 0.25) is 0 Å². The summed E-state index contributed by atoms with van der Waals surface area (Å²) in [5.41, 5.74) is 8.88. The molecule has 2 aromatic rings. The SMILES string of the molecule is Cc1ccc(C(=O)NNC(=O)CCC(=O)Nc2cc(C)ccc2C)cc1. The number of anilines is 1. The highest BCUT2D eigenvalue weighted by Crippen LogP contribution is 2.16. The van der Waals surface area contributed by atoms with E-state index in [9.17, 15) is 14.4 Å². The molecular formula is C20H23N3O3. The van der Waals surface area contributed by atoms with Crippen LogP contribution in [0.1, 0.15) is 39.9 Å². The summed E-state index contributed by atoms with van der Waals surface area (Å²) in [6.07, 6.45) is 0.00446. The average molecular weight is 353 g/mol. The van der Waals surface area contributed by atoms with Gasteiger partial charge < -0.3 is 5.32 Å². The molecule has 0 atom stereocenters. The number of aryl methyl sites for hydroxylation is 3. The zero-order valence-electron chi connectivity index (χ0n) is 15.2. The van der Waals surface area contributed by atoms with Gasteiger partial charge in [-0.25, -0.2) is 0 Å². The number of hydrogen-bond donors (Lipinski definition) is 3. The maximum absolute atomic E-state index is 12.0. The summed E-state index contributed by atoms with van der Waals surface area (Å²) in [6.45, 7) is 5.77. The minimum Gasteiger partial charge on any atom is -0.326 e. The summed E-state index contributed by atoms with van der Waals surface area (Å²) < 4.78 is 0. The van der Waals surface area contributed by atoms with E-state index in [0.717, 1.165) is 22.4 Å². The number of carbonyl (C=O) groups is 3. The van der Waals surface area contributed by atoms with Crippen molar-refractivity contribution in [2.24, 2.45) is 0 Å². The smallest absolute Gasteiger partial charge is 0.269 e. The van der Waals surface area contributed by atoms with Gasteiger partial charge in [-0.05, 0) is 50.1 Å². The Morgan fingerprint density at radius 2 is 1.38 bits per heavy atom. The van der Waals surface area contributed by atoms with Crippen molar-refractivity contribution in [1.29, 1.82) is 0 Å². The van der Waals surface area contributed by atoms with E-state index in [1.807, 2.05) is 51.1 Å². The monoisotopic (exact) mass is 353 g/mol. The van der Waals surface area contributed by atoms with Gasteiger partial charge in [0, 0.05) is 24.1 Å². The lowest BCUT2D eigenvalue weighted by Gasteiger charge is -2.10. The number of amides is 3. The van der Waals surface area contributed by atoms with Gasteiger partial charge in [-0.15, -0.1) is 0 Å². The van der Waals surface area contributed by atoms with Crippen molar-refractivity contribution in [2.45, 2.75) is 33.6 Å². The molecule has 0 aliphatic rings. The molecular weight excluding hydrogens is 330 g/mol. The molecule has 0 saturated carbocycles. The third kappa shape index (κ3) is 5.73. The summed E-state index contributed by atoms with van der Waals surface area (Å²) >= 11 is 0. The standard InChI is InChI=1S/C20H23N3O3/c1-13-5-8-16(9-6-13)20(26)23-22-19(25)11-10-18(24)21-17-12-14(2)4-7-15(17)3/h4-9,12H,10-11H2,1-3H3,(H,21,24)(H,22,25)(H,23,26). The highest BCUT2D eigenvalue weighted by Gasteiger charge is 2.10. The lowest BCUT2D eigenvalue weighted by Crippen LogP contribution is -2.41. The normalized spacial score (nSPS) is 10.1. The summed E-state index contributed by atoms with van der Waals surface area (Å²) in [7, 11) is 0. The van der Waals surface area contributed by atoms with Gasteiger partial charge in [-0.3, -0.25) is 25.2 Å². The second-order valence-electron chi connectivity index (χ2n) is 6.23. The predicted octanol–water partition coefficient (Wildman–Crippen LogP) is 2.79. The van der Waals surface area contributed by atoms with E-state index in [2.05, 4.69) is 16.2 Å². The van der Waals surface area contributed by atoms with Crippen molar-refractivity contribution in [3.05, 3.63) is 64.7 Å². The lowest BCUT2D eigenvalue weighted by molar-refractivity contribution is -0.124. The molecule has 136 valence electrons. The van der Waals surface area contributed by atoms with Gasteiger partial charge in [-0.2, -0.15) is 0 Å². The maximum Gasteiger partial charge on any atom is 0.269 e. The Balaban J connectivity index is 1.75. The summed E-state index contributed by atoms with van der Waals surface area (Å²) in [6, 6.07) is 12.8. The third-order valence-corrected chi connectivity index (χ3v) is 3.88. The number of hydrazine groups is 1. The van der Waals surface area contributed by atoms with Gasteiger partial charge in [0.15, 0.2) is 0 Å². The lowest BCUT2D eigenvalue weighted by atomic mass is 10.1. The topological polar surface area (TPSA) is 87.3 Å². The molecule has 2 aromatic carbocycles. The van der Waals surface area contributed by atoms with Crippen molar-refractivity contribution in [3.63, 3.8) is 0 Å². The first-order chi connectivity index (χ1) is 12.3. The van der Waals surface area contributed by atoms with E-state index in [4.69, 9.17) is 0 Å². The van der Waals surface area contributed by atoms with Crippen LogP contribution in [0.4, 0.5) is 5.69 Å². The number of nitrogens with one attached hydrogen (secondary N) is 3. The fourth-order valence-electron chi connectivity index (χ4n) is 2.28. The molecule has 0 heterocycles. The molecule has 6 heteroatoms. The summed E-state index contributed by atoms with van der Waals surface area (Å²) in [4.78, 5) is 35.7. The molecule has 2 rings (SSSR count). The molecule has 0 fully saturated rings. The van der Waals surface area contributed by atoms with Crippen LogP contribution in [0, 0.1) is 20.8 Å². The fourth-order valence-corrected chi connectivity index (χ4v) is 2.28. The highest BCUT2D eigenvalue weighted by atomic mass is 16.2. The van der Waals surface area contributed by atoms with Gasteiger partial charge in [0.25, 0.3) is 5.91 Å². The van der Waals surface area contributed by atoms with Gasteiger partial charge in [0.05, 0.1) is 0 Å². The first-order valence-electron chi connectivity index (χ1n) is 8.38. The van der Waals surface area contributed by atoms with E-state index in [1.165, 1.54) is 0 Å². The maximum atomic E-state index is 12.0. The molecule has 0 radical (unpaired) electrons. The van der Waals surface area contributed by atoms with Crippen molar-refractivity contribution < 1.29 is 14.4 Å². The molecule has 0 spiro atoms. The zero-order valence-corrected chi connectivity index (χ0v) is 15.2. The van der Waals surface area contributed by atoms with E-state index in [-0.39, 0.29) is 18.7 Å². The van der Waals surface area contributed by atoms with Gasteiger partial charge in [0.2, 0.25) is 11.8 Å². The Labute approximate surface area is 153 Å². The van der Waals surface area contributed by atoms with Crippen molar-refractivity contribution in [1.82, 2.24) is 10.9 Å². The molecule has 3 amide bonds. The molecule has 0 saturated heterocycles. The van der Waals surface area contributed by atoms with Crippen molar-refractivity contribution in [3.8, 4) is 0 Å². The van der Waals surface area contributed by atoms with Crippen LogP contribution in [0.3, 0.4) is 0 Å². The molecule has 0 aliphatic heterocycles. The highest BCUT2D eigenvalue weighted by molar-refractivity contribution is 5.96. The Morgan fingerprint density at radius 3 is 2.08 bits per heavy atom. The second-order valence-corrected chi connectivity index (χ2v) is 6.23. The van der Waals surface area contributed by atoms with Gasteiger partial charge >= 0.3 is 0 Å². The van der Waals surface area contributed by atoms with Crippen LogP contribution >= 0.6 is 0 Å². The van der Waals surface area contributed by atoms with Crippen LogP contribution in [0.25, 0.3) is 0 Å². The van der Waals surface area contributed by atoms with Crippen molar-refractivity contribution in [2.75, 3.05) is 5.32 Å². The largest absolute Gasteiger partial charge is 0.326 e. The predicted molar refractivity (Wildman–Crippen MR) is 101 cm³/mol. The van der Waals surface area contributed by atoms with Crippen LogP contribution < -0.4 is 16.2 Å². The van der Waals surface area contributed by atoms with E-state index >= 15 is 0 Å². The number of hydrogen-bond acceptors (Lipinski definition) is 3. The molecule has 6 nitrogen and oxygen atoms in total. The molecule has 0 aliphatic carbocycles. The van der Waals surface area contributed by atoms with Crippen LogP contribution in [0.15, 0.2) is 42.5 Å². The first kappa shape index (κ1) is 19.2. The van der Waals surface area contributed by atoms with E-state index in [1.54, 1.807) is 12.1 Å². The van der Waals surface area contributed by atoms with Gasteiger partial charge in [0.1, 0.15) is 0 Å². The van der Waals surface area contributed by atoms with E-state index < -0.39 is 11.8 Å². The Kier molecular flexibility index (Phi) is 6.49. The van der Waals surface area contributed by atoms with Crippen molar-refractivity contribution >= 4 is 23.4 Å². The Hall–Kier alpha value is -3.15. The first-order valence-corrected chi connectivity index (χ1v) is 8.38. The third-order valence-electron chi connectivity index (χ3n) is 3.88. The van der Waals surface area contributed by atoms with Gasteiger partial charge in [-0.1, -0.05) is 29.8 Å². The number of rotatable bonds is 5. The molecule has 0 aromatic heterocycles. The Morgan fingerprint density at radius 1 is 0.769 bits per heavy atom. The quantitative estimate of drug-likeness (QED) is 0.722. The van der Waals surface area contributed by atoms with Crippen LogP contribution in [0.5, 0.6) is 0 Å². The second kappa shape index (κ2) is 8.80. The van der Waals surface area contributed by atoms with E-state index in [0.29, 0.717) is 5.56 Å². The summed E-state index contributed by atoms with van der Waals surface area (Å²) in [5, 5.41) is 2.80. The zero-order chi connectivity index (χ0) is 19.1. The molecule has 0 unspecified atom stereocenters. The van der Waals surface area contributed by atoms with Crippen LogP contribution in [-0.2, 0) is 9.59 Å². The average Bonchev–Trinajstić information content (AvgIpc) is 2.61. The number of carbonyl (C=O) groups excluding carboxylic acids is 3. The summed E-state index contributed by atoms with van der Waals surface area (Å²) in [5.74, 6) is -1.08. The fraction of sp³-hybridized carbons (Fsp3) is 0.250. The van der Waals surface area contributed by atoms with Crippen LogP contribution in [-0.4, -0.2) is 17.7 Å². The molecule has 3 N–H and O–H groups in total. The minimum absolute atomic E-state index is 0.0229. The number of benzene rings is 2. The minimum atomic E-state index is -0.429. The Bertz CT molecular complexity index is 814.